The number of hydrogen-bond donors (Lipinski definition) is 2. The summed E-state index contributed by atoms with van der Waals surface area (Å²) in [6, 6.07) is 14.2. The highest BCUT2D eigenvalue weighted by Gasteiger charge is 2.19. The number of amides is 2. The highest BCUT2D eigenvalue weighted by Crippen LogP contribution is 2.24. The Morgan fingerprint density at radius 3 is 2.43 bits per heavy atom. The van der Waals surface area contributed by atoms with Crippen LogP contribution in [0, 0.1) is 5.82 Å². The quantitative estimate of drug-likeness (QED) is 0.402. The predicted molar refractivity (Wildman–Crippen MR) is 120 cm³/mol. The topological polar surface area (TPSA) is 64.7 Å². The van der Waals surface area contributed by atoms with Crippen molar-refractivity contribution in [2.75, 3.05) is 55.7 Å². The molecule has 1 saturated heterocycles. The lowest BCUT2D eigenvalue weighted by Crippen LogP contribution is -2.47. The van der Waals surface area contributed by atoms with Gasteiger partial charge in [-0.3, -0.25) is 14.5 Å². The van der Waals surface area contributed by atoms with Crippen LogP contribution in [0.2, 0.25) is 0 Å². The van der Waals surface area contributed by atoms with Crippen LogP contribution in [0.25, 0.3) is 0 Å². The molecule has 0 aliphatic carbocycles. The van der Waals surface area contributed by atoms with Crippen molar-refractivity contribution in [2.45, 2.75) is 11.3 Å². The number of anilines is 2. The molecule has 6 nitrogen and oxygen atoms in total. The lowest BCUT2D eigenvalue weighted by molar-refractivity contribution is -0.136. The molecule has 2 amide bonds. The largest absolute Gasteiger partial charge is 0.367 e. The van der Waals surface area contributed by atoms with E-state index in [1.54, 1.807) is 12.1 Å². The molecule has 0 saturated carbocycles. The Morgan fingerprint density at radius 1 is 1.00 bits per heavy atom. The molecule has 2 aromatic rings. The lowest BCUT2D eigenvalue weighted by atomic mass is 10.2. The number of thioether (sulfide) groups is 1. The van der Waals surface area contributed by atoms with Gasteiger partial charge in [-0.15, -0.1) is 11.8 Å². The molecule has 1 aliphatic heterocycles. The van der Waals surface area contributed by atoms with Gasteiger partial charge in [-0.25, -0.2) is 4.39 Å². The minimum absolute atomic E-state index is 0.188. The molecule has 0 unspecified atom stereocenters. The Hall–Kier alpha value is -2.58. The van der Waals surface area contributed by atoms with E-state index >= 15 is 0 Å². The number of carbonyl (C=O) groups excluding carboxylic acids is 2. The maximum Gasteiger partial charge on any atom is 0.313 e. The number of rotatable bonds is 7. The van der Waals surface area contributed by atoms with Crippen molar-refractivity contribution in [1.29, 1.82) is 0 Å². The standard InChI is InChI=1S/C22H27FN4O2S/c1-30-20-10-5-3-8-18(20)25-22(29)21(28)24-11-6-12-26-13-15-27(16-14-26)19-9-4-2-7-17(19)23/h2-5,7-10H,6,11-16H2,1H3,(H,24,28)(H,25,29). The fourth-order valence-corrected chi connectivity index (χ4v) is 3.99. The summed E-state index contributed by atoms with van der Waals surface area (Å²) < 4.78 is 13.9. The fraction of sp³-hybridized carbons (Fsp3) is 0.364. The summed E-state index contributed by atoms with van der Waals surface area (Å²) in [7, 11) is 0. The zero-order valence-electron chi connectivity index (χ0n) is 17.1. The van der Waals surface area contributed by atoms with Gasteiger partial charge in [-0.05, 0) is 43.5 Å². The van der Waals surface area contributed by atoms with Gasteiger partial charge in [0, 0.05) is 37.6 Å². The molecule has 1 fully saturated rings. The minimum atomic E-state index is -0.657. The predicted octanol–water partition coefficient (Wildman–Crippen LogP) is 2.81. The van der Waals surface area contributed by atoms with E-state index < -0.39 is 11.8 Å². The molecule has 3 rings (SSSR count). The van der Waals surface area contributed by atoms with Crippen LogP contribution >= 0.6 is 11.8 Å². The molecule has 0 radical (unpaired) electrons. The second-order valence-electron chi connectivity index (χ2n) is 7.04. The summed E-state index contributed by atoms with van der Waals surface area (Å²) in [5.74, 6) is -1.47. The smallest absolute Gasteiger partial charge is 0.313 e. The maximum absolute atomic E-state index is 13.9. The molecule has 0 bridgehead atoms. The zero-order valence-corrected chi connectivity index (χ0v) is 17.9. The number of halogens is 1. The van der Waals surface area contributed by atoms with Crippen molar-refractivity contribution >= 4 is 35.0 Å². The first-order valence-corrected chi connectivity index (χ1v) is 11.2. The van der Waals surface area contributed by atoms with Crippen LogP contribution in [0.3, 0.4) is 0 Å². The van der Waals surface area contributed by atoms with Crippen molar-refractivity contribution in [2.24, 2.45) is 0 Å². The van der Waals surface area contributed by atoms with E-state index in [1.807, 2.05) is 36.6 Å². The number of nitrogens with zero attached hydrogens (tertiary/aromatic N) is 2. The summed E-state index contributed by atoms with van der Waals surface area (Å²) in [6.45, 7) is 4.48. The number of piperazine rings is 1. The molecule has 0 spiro atoms. The first-order chi connectivity index (χ1) is 14.6. The highest BCUT2D eigenvalue weighted by atomic mass is 32.2. The molecule has 0 aromatic heterocycles. The van der Waals surface area contributed by atoms with Crippen LogP contribution in [-0.4, -0.2) is 62.2 Å². The van der Waals surface area contributed by atoms with Crippen LogP contribution in [-0.2, 0) is 9.59 Å². The van der Waals surface area contributed by atoms with Gasteiger partial charge >= 0.3 is 11.8 Å². The zero-order chi connectivity index (χ0) is 21.3. The molecular weight excluding hydrogens is 403 g/mol. The van der Waals surface area contributed by atoms with E-state index in [1.165, 1.54) is 17.8 Å². The van der Waals surface area contributed by atoms with Gasteiger partial charge in [0.05, 0.1) is 11.4 Å². The van der Waals surface area contributed by atoms with Crippen LogP contribution in [0.5, 0.6) is 0 Å². The molecule has 1 heterocycles. The van der Waals surface area contributed by atoms with Crippen molar-refractivity contribution in [3.8, 4) is 0 Å². The molecule has 2 N–H and O–H groups in total. The number of para-hydroxylation sites is 2. The summed E-state index contributed by atoms with van der Waals surface area (Å²) in [6.07, 6.45) is 2.67. The van der Waals surface area contributed by atoms with E-state index in [4.69, 9.17) is 0 Å². The number of hydrogen-bond acceptors (Lipinski definition) is 5. The van der Waals surface area contributed by atoms with Crippen molar-refractivity contribution in [3.05, 3.63) is 54.3 Å². The van der Waals surface area contributed by atoms with E-state index in [0.717, 1.165) is 44.0 Å². The van der Waals surface area contributed by atoms with Gasteiger partial charge in [0.1, 0.15) is 5.82 Å². The fourth-order valence-electron chi connectivity index (χ4n) is 3.43. The highest BCUT2D eigenvalue weighted by molar-refractivity contribution is 7.98. The summed E-state index contributed by atoms with van der Waals surface area (Å²) >= 11 is 1.51. The summed E-state index contributed by atoms with van der Waals surface area (Å²) in [4.78, 5) is 29.4. The monoisotopic (exact) mass is 430 g/mol. The molecule has 8 heteroatoms. The Balaban J connectivity index is 1.35. The van der Waals surface area contributed by atoms with E-state index in [2.05, 4.69) is 20.4 Å². The Labute approximate surface area is 180 Å². The van der Waals surface area contributed by atoms with E-state index in [0.29, 0.717) is 17.9 Å². The van der Waals surface area contributed by atoms with Crippen molar-refractivity contribution in [1.82, 2.24) is 10.2 Å². The van der Waals surface area contributed by atoms with Crippen LogP contribution in [0.1, 0.15) is 6.42 Å². The van der Waals surface area contributed by atoms with Gasteiger partial charge in [0.15, 0.2) is 0 Å². The number of carbonyl (C=O) groups is 2. The second kappa shape index (κ2) is 11.0. The lowest BCUT2D eigenvalue weighted by Gasteiger charge is -2.36. The third kappa shape index (κ3) is 5.96. The van der Waals surface area contributed by atoms with Gasteiger partial charge < -0.3 is 15.5 Å². The van der Waals surface area contributed by atoms with Gasteiger partial charge in [-0.1, -0.05) is 24.3 Å². The SMILES string of the molecule is CSc1ccccc1NC(=O)C(=O)NCCCN1CCN(c2ccccc2F)CC1. The molecule has 0 atom stereocenters. The van der Waals surface area contributed by atoms with Crippen LogP contribution < -0.4 is 15.5 Å². The number of benzene rings is 2. The van der Waals surface area contributed by atoms with Crippen LogP contribution in [0.15, 0.2) is 53.4 Å². The Bertz CT molecular complexity index is 872. The Kier molecular flexibility index (Phi) is 8.10. The van der Waals surface area contributed by atoms with Gasteiger partial charge in [-0.2, -0.15) is 0 Å². The van der Waals surface area contributed by atoms with Gasteiger partial charge in [0.25, 0.3) is 0 Å². The van der Waals surface area contributed by atoms with E-state index in [9.17, 15) is 14.0 Å². The summed E-state index contributed by atoms with van der Waals surface area (Å²) in [5.41, 5.74) is 1.29. The average molecular weight is 431 g/mol. The second-order valence-corrected chi connectivity index (χ2v) is 7.89. The number of nitrogens with one attached hydrogen (secondary N) is 2. The third-order valence-corrected chi connectivity index (χ3v) is 5.86. The third-order valence-electron chi connectivity index (χ3n) is 5.06. The molecule has 30 heavy (non-hydrogen) atoms. The van der Waals surface area contributed by atoms with E-state index in [-0.39, 0.29) is 5.82 Å². The minimum Gasteiger partial charge on any atom is -0.367 e. The average Bonchev–Trinajstić information content (AvgIpc) is 2.77. The van der Waals surface area contributed by atoms with Gasteiger partial charge in [0.2, 0.25) is 0 Å². The van der Waals surface area contributed by atoms with Crippen molar-refractivity contribution in [3.63, 3.8) is 0 Å². The molecular formula is C22H27FN4O2S. The Morgan fingerprint density at radius 2 is 1.70 bits per heavy atom. The molecule has 2 aromatic carbocycles. The first kappa shape index (κ1) is 22.1. The normalized spacial score (nSPS) is 14.4. The van der Waals surface area contributed by atoms with Crippen molar-refractivity contribution < 1.29 is 14.0 Å². The summed E-state index contributed by atoms with van der Waals surface area (Å²) in [5, 5.41) is 5.34. The maximum atomic E-state index is 13.9. The molecule has 160 valence electrons. The molecule has 1 aliphatic rings. The van der Waals surface area contributed by atoms with Crippen LogP contribution in [0.4, 0.5) is 15.8 Å². The first-order valence-electron chi connectivity index (χ1n) is 10.0.